The summed E-state index contributed by atoms with van der Waals surface area (Å²) in [4.78, 5) is 14.9. The molecule has 2 rings (SSSR count). The van der Waals surface area contributed by atoms with Crippen molar-refractivity contribution in [1.82, 2.24) is 4.98 Å². The average Bonchev–Trinajstić information content (AvgIpc) is 2.76. The summed E-state index contributed by atoms with van der Waals surface area (Å²) in [5.74, 6) is 4.96. The maximum atomic E-state index is 10.9. The lowest BCUT2D eigenvalue weighted by Gasteiger charge is -1.93. The van der Waals surface area contributed by atoms with Crippen LogP contribution in [0.5, 0.6) is 0 Å². The van der Waals surface area contributed by atoms with Gasteiger partial charge in [0.2, 0.25) is 0 Å². The molecule has 0 bridgehead atoms. The molecule has 3 heteroatoms. The van der Waals surface area contributed by atoms with Crippen LogP contribution in [0, 0.1) is 11.8 Å². The summed E-state index contributed by atoms with van der Waals surface area (Å²) in [6.07, 6.45) is 3.95. The normalized spacial score (nSPS) is 14.5. The van der Waals surface area contributed by atoms with Crippen molar-refractivity contribution in [3.8, 4) is 11.8 Å². The highest BCUT2D eigenvalue weighted by molar-refractivity contribution is 5.89. The fraction of sp³-hybridized carbons (Fsp3) is 0.231. The molecule has 3 nitrogen and oxygen atoms in total. The van der Waals surface area contributed by atoms with Crippen molar-refractivity contribution in [3.63, 3.8) is 0 Å². The maximum absolute atomic E-state index is 10.9. The van der Waals surface area contributed by atoms with Crippen molar-refractivity contribution >= 4 is 5.97 Å². The van der Waals surface area contributed by atoms with Crippen LogP contribution in [0.3, 0.4) is 0 Å². The van der Waals surface area contributed by atoms with Crippen molar-refractivity contribution in [3.05, 3.63) is 41.2 Å². The standard InChI is InChI=1S/C13H11NO2/c15-13(16)12-6-3-4-10(12)7-8-11-5-1-2-9-14-11/h1-2,5,9H,3-4,6H2,(H,15,16). The van der Waals surface area contributed by atoms with E-state index in [-0.39, 0.29) is 0 Å². The molecule has 0 fully saturated rings. The molecular formula is C13H11NO2. The molecule has 0 spiro atoms. The van der Waals surface area contributed by atoms with E-state index in [1.807, 2.05) is 18.2 Å². The van der Waals surface area contributed by atoms with Crippen LogP contribution in [0.25, 0.3) is 0 Å². The molecule has 1 aromatic rings. The van der Waals surface area contributed by atoms with E-state index in [0.29, 0.717) is 17.7 Å². The van der Waals surface area contributed by atoms with Gasteiger partial charge in [0, 0.05) is 17.3 Å². The molecule has 0 atom stereocenters. The minimum absolute atomic E-state index is 0.462. The van der Waals surface area contributed by atoms with E-state index in [1.165, 1.54) is 0 Å². The number of hydrogen-bond acceptors (Lipinski definition) is 2. The van der Waals surface area contributed by atoms with Crippen molar-refractivity contribution in [2.24, 2.45) is 0 Å². The Morgan fingerprint density at radius 1 is 1.31 bits per heavy atom. The Morgan fingerprint density at radius 2 is 2.19 bits per heavy atom. The van der Waals surface area contributed by atoms with Gasteiger partial charge in [-0.25, -0.2) is 9.78 Å². The smallest absolute Gasteiger partial charge is 0.332 e. The van der Waals surface area contributed by atoms with E-state index in [2.05, 4.69) is 16.8 Å². The van der Waals surface area contributed by atoms with Gasteiger partial charge in [-0.15, -0.1) is 0 Å². The van der Waals surface area contributed by atoms with Gasteiger partial charge >= 0.3 is 5.97 Å². The van der Waals surface area contributed by atoms with Crippen LogP contribution in [-0.4, -0.2) is 16.1 Å². The van der Waals surface area contributed by atoms with Gasteiger partial charge in [-0.05, 0) is 37.3 Å². The van der Waals surface area contributed by atoms with Crippen LogP contribution in [-0.2, 0) is 4.79 Å². The number of hydrogen-bond donors (Lipinski definition) is 1. The molecule has 16 heavy (non-hydrogen) atoms. The lowest BCUT2D eigenvalue weighted by molar-refractivity contribution is -0.132. The van der Waals surface area contributed by atoms with Gasteiger partial charge in [-0.1, -0.05) is 12.0 Å². The highest BCUT2D eigenvalue weighted by atomic mass is 16.4. The Labute approximate surface area is 93.8 Å². The number of allylic oxidation sites excluding steroid dienone is 1. The first-order valence-electron chi connectivity index (χ1n) is 5.16. The fourth-order valence-electron chi connectivity index (χ4n) is 1.69. The molecule has 0 saturated carbocycles. The van der Waals surface area contributed by atoms with E-state index in [0.717, 1.165) is 18.4 Å². The zero-order chi connectivity index (χ0) is 11.4. The highest BCUT2D eigenvalue weighted by Crippen LogP contribution is 2.25. The number of aromatic nitrogens is 1. The van der Waals surface area contributed by atoms with Crippen LogP contribution in [0.1, 0.15) is 25.0 Å². The third-order valence-corrected chi connectivity index (χ3v) is 2.48. The number of nitrogens with zero attached hydrogens (tertiary/aromatic N) is 1. The van der Waals surface area contributed by atoms with Crippen molar-refractivity contribution < 1.29 is 9.90 Å². The average molecular weight is 213 g/mol. The molecular weight excluding hydrogens is 202 g/mol. The van der Waals surface area contributed by atoms with Crippen LogP contribution >= 0.6 is 0 Å². The Balaban J connectivity index is 2.25. The Kier molecular flexibility index (Phi) is 3.02. The Bertz CT molecular complexity index is 492. The SMILES string of the molecule is O=C(O)C1=C(C#Cc2ccccn2)CCC1. The monoisotopic (exact) mass is 213 g/mol. The number of pyridine rings is 1. The minimum Gasteiger partial charge on any atom is -0.478 e. The zero-order valence-electron chi connectivity index (χ0n) is 8.73. The van der Waals surface area contributed by atoms with Gasteiger partial charge in [0.15, 0.2) is 0 Å². The predicted molar refractivity (Wildman–Crippen MR) is 59.6 cm³/mol. The second-order valence-electron chi connectivity index (χ2n) is 3.58. The molecule has 0 radical (unpaired) electrons. The van der Waals surface area contributed by atoms with Crippen LogP contribution < -0.4 is 0 Å². The van der Waals surface area contributed by atoms with Crippen LogP contribution in [0.15, 0.2) is 35.5 Å². The van der Waals surface area contributed by atoms with Crippen molar-refractivity contribution in [2.45, 2.75) is 19.3 Å². The predicted octanol–water partition coefficient (Wildman–Crippen LogP) is 2.00. The van der Waals surface area contributed by atoms with E-state index >= 15 is 0 Å². The summed E-state index contributed by atoms with van der Waals surface area (Å²) in [6, 6.07) is 5.49. The second-order valence-corrected chi connectivity index (χ2v) is 3.58. The van der Waals surface area contributed by atoms with Gasteiger partial charge in [0.25, 0.3) is 0 Å². The topological polar surface area (TPSA) is 50.2 Å². The van der Waals surface area contributed by atoms with E-state index in [1.54, 1.807) is 6.20 Å². The van der Waals surface area contributed by atoms with Gasteiger partial charge in [-0.2, -0.15) is 0 Å². The van der Waals surface area contributed by atoms with Crippen LogP contribution in [0.4, 0.5) is 0 Å². The molecule has 1 heterocycles. The fourth-order valence-corrected chi connectivity index (χ4v) is 1.69. The Hall–Kier alpha value is -2.08. The van der Waals surface area contributed by atoms with Gasteiger partial charge in [0.05, 0.1) is 0 Å². The lowest BCUT2D eigenvalue weighted by Crippen LogP contribution is -1.98. The summed E-state index contributed by atoms with van der Waals surface area (Å²) >= 11 is 0. The molecule has 0 aromatic carbocycles. The molecule has 0 saturated heterocycles. The first-order valence-corrected chi connectivity index (χ1v) is 5.16. The summed E-state index contributed by atoms with van der Waals surface area (Å²) in [7, 11) is 0. The molecule has 1 N–H and O–H groups in total. The number of rotatable bonds is 1. The van der Waals surface area contributed by atoms with E-state index < -0.39 is 5.97 Å². The highest BCUT2D eigenvalue weighted by Gasteiger charge is 2.18. The molecule has 1 aliphatic carbocycles. The second kappa shape index (κ2) is 4.63. The molecule has 0 amide bonds. The third-order valence-electron chi connectivity index (χ3n) is 2.48. The van der Waals surface area contributed by atoms with Crippen LogP contribution in [0.2, 0.25) is 0 Å². The van der Waals surface area contributed by atoms with Crippen molar-refractivity contribution in [2.75, 3.05) is 0 Å². The van der Waals surface area contributed by atoms with Gasteiger partial charge < -0.3 is 5.11 Å². The maximum Gasteiger partial charge on any atom is 0.332 e. The van der Waals surface area contributed by atoms with E-state index in [4.69, 9.17) is 5.11 Å². The quantitative estimate of drug-likeness (QED) is 0.726. The lowest BCUT2D eigenvalue weighted by atomic mass is 10.1. The first kappa shape index (κ1) is 10.4. The van der Waals surface area contributed by atoms with E-state index in [9.17, 15) is 4.79 Å². The Morgan fingerprint density at radius 3 is 2.88 bits per heavy atom. The summed E-state index contributed by atoms with van der Waals surface area (Å²) in [5, 5.41) is 8.94. The summed E-state index contributed by atoms with van der Waals surface area (Å²) < 4.78 is 0. The minimum atomic E-state index is -0.845. The molecule has 1 aromatic heterocycles. The molecule has 0 unspecified atom stereocenters. The van der Waals surface area contributed by atoms with Gasteiger partial charge in [0.1, 0.15) is 5.69 Å². The number of carboxylic acids is 1. The van der Waals surface area contributed by atoms with Gasteiger partial charge in [-0.3, -0.25) is 0 Å². The molecule has 0 aliphatic heterocycles. The largest absolute Gasteiger partial charge is 0.478 e. The first-order chi connectivity index (χ1) is 7.77. The molecule has 80 valence electrons. The summed E-state index contributed by atoms with van der Waals surface area (Å²) in [5.41, 5.74) is 1.88. The van der Waals surface area contributed by atoms with Crippen molar-refractivity contribution in [1.29, 1.82) is 0 Å². The summed E-state index contributed by atoms with van der Waals surface area (Å²) in [6.45, 7) is 0. The zero-order valence-corrected chi connectivity index (χ0v) is 8.73. The number of carbonyl (C=O) groups is 1. The number of carboxylic acid groups (broad SMARTS) is 1. The number of aliphatic carboxylic acids is 1. The third kappa shape index (κ3) is 2.29. The molecule has 1 aliphatic rings.